The minimum atomic E-state index is 0.584. The number of rotatable bonds is 4. The van der Waals surface area contributed by atoms with E-state index >= 15 is 0 Å². The second kappa shape index (κ2) is 14.1. The predicted octanol–water partition coefficient (Wildman–Crippen LogP) is 12.4. The molecule has 4 aromatic heterocycles. The summed E-state index contributed by atoms with van der Waals surface area (Å²) in [6.07, 6.45) is 16.1. The average Bonchev–Trinajstić information content (AvgIpc) is 4.14. The summed E-state index contributed by atoms with van der Waals surface area (Å²) in [6, 6.07) is 53.6. The second-order valence-electron chi connectivity index (χ2n) is 14.7. The highest BCUT2D eigenvalue weighted by molar-refractivity contribution is 6.04. The van der Waals surface area contributed by atoms with Gasteiger partial charge in [0.1, 0.15) is 22.8 Å². The molecule has 6 nitrogen and oxygen atoms in total. The number of nitrogens with zero attached hydrogens (tertiary/aromatic N) is 4. The zero-order valence-corrected chi connectivity index (χ0v) is 32.1. The van der Waals surface area contributed by atoms with Gasteiger partial charge in [0.2, 0.25) is 0 Å². The monoisotopic (exact) mass is 764 g/mol. The van der Waals surface area contributed by atoms with E-state index in [1.165, 1.54) is 0 Å². The minimum Gasteiger partial charge on any atom is -0.354 e. The molecule has 278 valence electrons. The smallest absolute Gasteiger partial charge is 0.118 e. The van der Waals surface area contributed by atoms with Crippen LogP contribution in [0.15, 0.2) is 158 Å². The van der Waals surface area contributed by atoms with E-state index in [1.807, 2.05) is 60.7 Å². The van der Waals surface area contributed by atoms with E-state index in [0.717, 1.165) is 78.0 Å². The Labute approximate surface area is 346 Å². The van der Waals surface area contributed by atoms with Gasteiger partial charge in [0.25, 0.3) is 0 Å². The Hall–Kier alpha value is -8.58. The van der Waals surface area contributed by atoms with E-state index in [2.05, 4.69) is 131 Å². The number of hydrogen-bond donors (Lipinski definition) is 2. The zero-order chi connectivity index (χ0) is 40.2. The lowest BCUT2D eigenvalue weighted by Crippen LogP contribution is -1.95. The quantitative estimate of drug-likeness (QED) is 0.175. The number of H-pyrrole nitrogens is 2. The first-order chi connectivity index (χ1) is 29.6. The molecule has 60 heavy (non-hydrogen) atoms. The molecule has 0 amide bonds. The number of terminal acetylenes is 2. The highest BCUT2D eigenvalue weighted by Crippen LogP contribution is 2.46. The van der Waals surface area contributed by atoms with Crippen LogP contribution < -0.4 is 0 Å². The summed E-state index contributed by atoms with van der Waals surface area (Å²) >= 11 is 0. The molecule has 6 heterocycles. The van der Waals surface area contributed by atoms with Crippen molar-refractivity contribution in [3.8, 4) is 92.0 Å². The molecule has 0 aliphatic carbocycles. The fourth-order valence-electron chi connectivity index (χ4n) is 8.39. The number of hydrogen-bond acceptors (Lipinski definition) is 4. The number of fused-ring (bicyclic) bond motifs is 12. The third-order valence-corrected chi connectivity index (χ3v) is 11.1. The molecule has 0 atom stereocenters. The van der Waals surface area contributed by atoms with Crippen LogP contribution in [0.1, 0.15) is 22.5 Å². The van der Waals surface area contributed by atoms with Gasteiger partial charge in [0.15, 0.2) is 0 Å². The molecule has 0 radical (unpaired) electrons. The highest BCUT2D eigenvalue weighted by atomic mass is 14.9. The first-order valence-corrected chi connectivity index (χ1v) is 19.6. The number of benzene rings is 5. The third-order valence-electron chi connectivity index (χ3n) is 11.1. The summed E-state index contributed by atoms with van der Waals surface area (Å²) in [5, 5.41) is 0. The summed E-state index contributed by atoms with van der Waals surface area (Å²) in [5.41, 5.74) is 18.0. The fraction of sp³-hybridized carbons (Fsp3) is 0. The van der Waals surface area contributed by atoms with Crippen LogP contribution in [0.25, 0.3) is 113 Å². The average molecular weight is 765 g/mol. The van der Waals surface area contributed by atoms with E-state index in [9.17, 15) is 0 Å². The van der Waals surface area contributed by atoms with Gasteiger partial charge in [-0.15, -0.1) is 12.8 Å². The van der Waals surface area contributed by atoms with E-state index in [4.69, 9.17) is 32.8 Å². The van der Waals surface area contributed by atoms with Gasteiger partial charge in [-0.3, -0.25) is 0 Å². The van der Waals surface area contributed by atoms with Crippen LogP contribution in [0.4, 0.5) is 0 Å². The number of aromatic amines is 2. The van der Waals surface area contributed by atoms with Crippen molar-refractivity contribution < 1.29 is 0 Å². The summed E-state index contributed by atoms with van der Waals surface area (Å²) in [4.78, 5) is 29.4. The molecular weight excluding hydrogens is 733 g/mol. The topological polar surface area (TPSA) is 83.1 Å². The van der Waals surface area contributed by atoms with Gasteiger partial charge in [0.05, 0.1) is 22.4 Å². The molecule has 0 unspecified atom stereocenters. The van der Waals surface area contributed by atoms with Crippen molar-refractivity contribution in [1.82, 2.24) is 29.9 Å². The molecule has 2 aliphatic rings. The van der Waals surface area contributed by atoms with E-state index in [0.29, 0.717) is 44.9 Å². The minimum absolute atomic E-state index is 0.584. The van der Waals surface area contributed by atoms with Crippen LogP contribution in [0, 0.1) is 24.7 Å². The fourth-order valence-corrected chi connectivity index (χ4v) is 8.39. The Morgan fingerprint density at radius 2 is 0.683 bits per heavy atom. The largest absolute Gasteiger partial charge is 0.354 e. The maximum absolute atomic E-state index is 5.96. The van der Waals surface area contributed by atoms with E-state index < -0.39 is 0 Å². The van der Waals surface area contributed by atoms with Gasteiger partial charge < -0.3 is 9.97 Å². The molecule has 0 saturated carbocycles. The molecular formula is C54H32N6. The predicted molar refractivity (Wildman–Crippen MR) is 245 cm³/mol. The Morgan fingerprint density at radius 3 is 1.03 bits per heavy atom. The molecule has 9 aromatic rings. The SMILES string of the molecule is C#Cc1cc2nc3c(nc2cc1C#C)-c1nc-3c(-c2ccccc2)c2ccc([nH]2)c(-c2ccccc2)c2nc(c(-c3ccccc3)c3ccc([nH]3)c1-c1ccccc1)C=C2. The third kappa shape index (κ3) is 5.71. The summed E-state index contributed by atoms with van der Waals surface area (Å²) in [7, 11) is 0. The molecule has 8 bridgehead atoms. The maximum Gasteiger partial charge on any atom is 0.118 e. The molecule has 2 N–H and O–H groups in total. The molecule has 0 fully saturated rings. The molecule has 2 aliphatic heterocycles. The first kappa shape index (κ1) is 34.7. The van der Waals surface area contributed by atoms with Gasteiger partial charge in [-0.1, -0.05) is 133 Å². The van der Waals surface area contributed by atoms with Gasteiger partial charge in [0, 0.05) is 55.4 Å². The first-order valence-electron chi connectivity index (χ1n) is 19.6. The molecule has 0 spiro atoms. The normalized spacial score (nSPS) is 11.6. The maximum atomic E-state index is 5.96. The summed E-state index contributed by atoms with van der Waals surface area (Å²) in [5.74, 6) is 5.50. The van der Waals surface area contributed by atoms with Crippen molar-refractivity contribution in [3.63, 3.8) is 0 Å². The van der Waals surface area contributed by atoms with Crippen molar-refractivity contribution in [3.05, 3.63) is 180 Å². The molecule has 11 rings (SSSR count). The van der Waals surface area contributed by atoms with Crippen LogP contribution in [0.2, 0.25) is 0 Å². The van der Waals surface area contributed by atoms with Gasteiger partial charge >= 0.3 is 0 Å². The summed E-state index contributed by atoms with van der Waals surface area (Å²) in [6.45, 7) is 0. The van der Waals surface area contributed by atoms with Crippen LogP contribution in [0.3, 0.4) is 0 Å². The second-order valence-corrected chi connectivity index (χ2v) is 14.7. The Bertz CT molecular complexity index is 3250. The van der Waals surface area contributed by atoms with E-state index in [-0.39, 0.29) is 0 Å². The van der Waals surface area contributed by atoms with Crippen molar-refractivity contribution in [1.29, 1.82) is 0 Å². The van der Waals surface area contributed by atoms with Crippen molar-refractivity contribution in [2.24, 2.45) is 0 Å². The lowest BCUT2D eigenvalue weighted by molar-refractivity contribution is 1.31. The van der Waals surface area contributed by atoms with Gasteiger partial charge in [-0.05, 0) is 70.8 Å². The Morgan fingerprint density at radius 1 is 0.350 bits per heavy atom. The molecule has 6 heteroatoms. The van der Waals surface area contributed by atoms with E-state index in [1.54, 1.807) is 0 Å². The van der Waals surface area contributed by atoms with Gasteiger partial charge in [-0.2, -0.15) is 0 Å². The van der Waals surface area contributed by atoms with Gasteiger partial charge in [-0.25, -0.2) is 19.9 Å². The van der Waals surface area contributed by atoms with Crippen molar-refractivity contribution in [2.75, 3.05) is 0 Å². The molecule has 0 saturated heterocycles. The number of nitrogens with one attached hydrogen (secondary N) is 2. The lowest BCUT2D eigenvalue weighted by atomic mass is 10.00. The highest BCUT2D eigenvalue weighted by Gasteiger charge is 2.29. The van der Waals surface area contributed by atoms with Crippen LogP contribution in [0.5, 0.6) is 0 Å². The standard InChI is InChI=1S/C54H32N6/c1-3-33-31-45-46(32-34(33)4-2)59-54-52-50(38-23-15-8-16-24-38)44-30-28-42(57-44)48(36-19-11-6-12-20-36)40-26-25-39(55-40)47(35-17-9-5-10-18-35)41-27-29-43(56-41)49(37-21-13-7-14-22-37)51(60-52)53(54)58-45/h1-2,5-32,56-57H. The van der Waals surface area contributed by atoms with Crippen LogP contribution >= 0.6 is 0 Å². The Balaban J connectivity index is 1.39. The Kier molecular flexibility index (Phi) is 8.15. The van der Waals surface area contributed by atoms with Crippen LogP contribution in [-0.2, 0) is 0 Å². The zero-order valence-electron chi connectivity index (χ0n) is 32.1. The lowest BCUT2D eigenvalue weighted by Gasteiger charge is -2.09. The van der Waals surface area contributed by atoms with Crippen molar-refractivity contribution in [2.45, 2.75) is 0 Å². The molecule has 5 aromatic carbocycles. The van der Waals surface area contributed by atoms with Crippen molar-refractivity contribution >= 4 is 45.3 Å². The number of aromatic nitrogens is 6. The van der Waals surface area contributed by atoms with Crippen LogP contribution in [-0.4, -0.2) is 29.9 Å². The summed E-state index contributed by atoms with van der Waals surface area (Å²) < 4.78 is 0.